The Labute approximate surface area is 241 Å². The summed E-state index contributed by atoms with van der Waals surface area (Å²) < 4.78 is 26.8. The van der Waals surface area contributed by atoms with Gasteiger partial charge >= 0.3 is 5.91 Å². The van der Waals surface area contributed by atoms with Crippen LogP contribution in [0, 0.1) is 5.82 Å². The number of rotatable bonds is 6. The topological polar surface area (TPSA) is 102 Å². The number of carbonyl (C=O) groups is 2. The zero-order valence-corrected chi connectivity index (χ0v) is 22.9. The molecule has 1 saturated heterocycles. The Morgan fingerprint density at radius 1 is 1.05 bits per heavy atom. The van der Waals surface area contributed by atoms with E-state index >= 15 is 4.39 Å². The standard InChI is InChI=1S/C28H19ClFN3O5S2/c29-17-8-5-15(6-9-17)14-39-28-32-31-27(40-28)33-23(18-3-1-2-4-19(18)30)22(25(35)26(33)36)24(34)16-7-10-20-21(13-16)38-12-11-37-20/h1-10,13,23,34H,11-12,14H2/b24-22-. The van der Waals surface area contributed by atoms with Crippen LogP contribution in [0.25, 0.3) is 5.76 Å². The smallest absolute Gasteiger partial charge is 0.301 e. The molecule has 8 nitrogen and oxygen atoms in total. The first-order valence-electron chi connectivity index (χ1n) is 12.1. The Kier molecular flexibility index (Phi) is 7.18. The fraction of sp³-hybridized carbons (Fsp3) is 0.143. The predicted molar refractivity (Wildman–Crippen MR) is 150 cm³/mol. The molecule has 0 saturated carbocycles. The van der Waals surface area contributed by atoms with Gasteiger partial charge in [0.2, 0.25) is 5.13 Å². The third-order valence-electron chi connectivity index (χ3n) is 6.34. The highest BCUT2D eigenvalue weighted by molar-refractivity contribution is 8.00. The number of nitrogens with zero attached hydrogens (tertiary/aromatic N) is 3. The van der Waals surface area contributed by atoms with Crippen molar-refractivity contribution in [1.29, 1.82) is 0 Å². The average molecular weight is 596 g/mol. The molecule has 40 heavy (non-hydrogen) atoms. The molecular weight excluding hydrogens is 577 g/mol. The van der Waals surface area contributed by atoms with Gasteiger partial charge in [-0.05, 0) is 42.0 Å². The zero-order chi connectivity index (χ0) is 27.8. The average Bonchev–Trinajstić information content (AvgIpc) is 3.54. The summed E-state index contributed by atoms with van der Waals surface area (Å²) in [6.45, 7) is 0.713. The number of fused-ring (bicyclic) bond motifs is 1. The van der Waals surface area contributed by atoms with Gasteiger partial charge in [-0.1, -0.05) is 65.0 Å². The van der Waals surface area contributed by atoms with Crippen LogP contribution in [-0.4, -0.2) is 40.2 Å². The number of amides is 1. The first-order chi connectivity index (χ1) is 19.4. The molecule has 6 rings (SSSR count). The number of ether oxygens (including phenoxy) is 2. The molecule has 3 heterocycles. The number of thioether (sulfide) groups is 1. The molecule has 0 spiro atoms. The van der Waals surface area contributed by atoms with Crippen LogP contribution in [0.15, 0.2) is 76.6 Å². The maximum absolute atomic E-state index is 15.2. The number of hydrogen-bond acceptors (Lipinski definition) is 9. The number of Topliss-reactive ketones (excluding diaryl/α,β-unsaturated/α-hetero) is 1. The molecule has 1 aromatic heterocycles. The van der Waals surface area contributed by atoms with Gasteiger partial charge in [0.15, 0.2) is 15.8 Å². The van der Waals surface area contributed by atoms with E-state index in [1.165, 1.54) is 36.0 Å². The Bertz CT molecular complexity index is 1660. The number of halogens is 2. The minimum atomic E-state index is -1.27. The molecule has 1 atom stereocenters. The normalized spacial score (nSPS) is 17.9. The van der Waals surface area contributed by atoms with Crippen LogP contribution in [0.3, 0.4) is 0 Å². The highest BCUT2D eigenvalue weighted by atomic mass is 35.5. The summed E-state index contributed by atoms with van der Waals surface area (Å²) in [5, 5.41) is 20.4. The molecule has 1 unspecified atom stereocenters. The molecule has 3 aromatic carbocycles. The second kappa shape index (κ2) is 10.9. The lowest BCUT2D eigenvalue weighted by atomic mass is 9.95. The molecule has 2 aliphatic rings. The second-order valence-corrected chi connectivity index (χ2v) is 11.4. The molecule has 4 aromatic rings. The lowest BCUT2D eigenvalue weighted by molar-refractivity contribution is -0.132. The van der Waals surface area contributed by atoms with Crippen molar-refractivity contribution in [3.05, 3.63) is 99.8 Å². The Morgan fingerprint density at radius 3 is 2.58 bits per heavy atom. The monoisotopic (exact) mass is 595 g/mol. The minimum Gasteiger partial charge on any atom is -0.507 e. The first-order valence-corrected chi connectivity index (χ1v) is 14.2. The van der Waals surface area contributed by atoms with E-state index in [1.807, 2.05) is 12.1 Å². The number of benzene rings is 3. The number of hydrogen-bond donors (Lipinski definition) is 1. The van der Waals surface area contributed by atoms with Crippen LogP contribution in [0.4, 0.5) is 9.52 Å². The van der Waals surface area contributed by atoms with E-state index < -0.39 is 29.3 Å². The molecular formula is C28H19ClFN3O5S2. The molecule has 1 N–H and O–H groups in total. The van der Waals surface area contributed by atoms with Gasteiger partial charge in [0, 0.05) is 21.9 Å². The first kappa shape index (κ1) is 26.3. The third kappa shape index (κ3) is 4.91. The summed E-state index contributed by atoms with van der Waals surface area (Å²) in [7, 11) is 0. The maximum Gasteiger partial charge on any atom is 0.301 e. The van der Waals surface area contributed by atoms with Crippen molar-refractivity contribution in [2.24, 2.45) is 0 Å². The van der Waals surface area contributed by atoms with Crippen molar-refractivity contribution in [2.45, 2.75) is 16.1 Å². The predicted octanol–water partition coefficient (Wildman–Crippen LogP) is 6.02. The van der Waals surface area contributed by atoms with Crippen molar-refractivity contribution in [2.75, 3.05) is 18.1 Å². The van der Waals surface area contributed by atoms with E-state index in [2.05, 4.69) is 10.2 Å². The minimum absolute atomic E-state index is 0.0337. The van der Waals surface area contributed by atoms with Gasteiger partial charge in [0.1, 0.15) is 30.8 Å². The largest absolute Gasteiger partial charge is 0.507 e. The zero-order valence-electron chi connectivity index (χ0n) is 20.5. The van der Waals surface area contributed by atoms with Crippen molar-refractivity contribution < 1.29 is 28.6 Å². The summed E-state index contributed by atoms with van der Waals surface area (Å²) in [4.78, 5) is 27.9. The number of aliphatic hydroxyl groups excluding tert-OH is 1. The quantitative estimate of drug-likeness (QED) is 0.0949. The molecule has 0 bridgehead atoms. The molecule has 1 fully saturated rings. The van der Waals surface area contributed by atoms with Crippen molar-refractivity contribution in [1.82, 2.24) is 10.2 Å². The van der Waals surface area contributed by atoms with E-state index in [9.17, 15) is 14.7 Å². The van der Waals surface area contributed by atoms with E-state index in [4.69, 9.17) is 21.1 Å². The van der Waals surface area contributed by atoms with Crippen molar-refractivity contribution in [3.63, 3.8) is 0 Å². The Morgan fingerprint density at radius 2 is 1.80 bits per heavy atom. The Balaban J connectivity index is 1.39. The van der Waals surface area contributed by atoms with Crippen LogP contribution in [0.1, 0.15) is 22.7 Å². The number of aliphatic hydroxyl groups is 1. The molecule has 12 heteroatoms. The maximum atomic E-state index is 15.2. The Hall–Kier alpha value is -3.93. The fourth-order valence-electron chi connectivity index (χ4n) is 4.45. The highest BCUT2D eigenvalue weighted by Crippen LogP contribution is 2.45. The second-order valence-electron chi connectivity index (χ2n) is 8.81. The van der Waals surface area contributed by atoms with Gasteiger partial charge in [-0.3, -0.25) is 14.5 Å². The lowest BCUT2D eigenvalue weighted by Gasteiger charge is -2.23. The summed E-state index contributed by atoms with van der Waals surface area (Å²) in [5.41, 5.74) is 1.00. The molecule has 202 valence electrons. The summed E-state index contributed by atoms with van der Waals surface area (Å²) >= 11 is 8.45. The highest BCUT2D eigenvalue weighted by Gasteiger charge is 2.49. The molecule has 0 radical (unpaired) electrons. The number of carbonyl (C=O) groups excluding carboxylic acids is 2. The van der Waals surface area contributed by atoms with Gasteiger partial charge in [-0.2, -0.15) is 0 Å². The van der Waals surface area contributed by atoms with Crippen molar-refractivity contribution >= 4 is 57.3 Å². The SMILES string of the molecule is O=C1C(=O)N(c2nnc(SCc3ccc(Cl)cc3)s2)C(c2ccccc2F)/C1=C(/O)c1ccc2c(c1)OCCO2. The van der Waals surface area contributed by atoms with Crippen LogP contribution < -0.4 is 14.4 Å². The van der Waals surface area contributed by atoms with Gasteiger partial charge in [-0.25, -0.2) is 4.39 Å². The van der Waals surface area contributed by atoms with Crippen LogP contribution in [-0.2, 0) is 15.3 Å². The van der Waals surface area contributed by atoms with Gasteiger partial charge in [-0.15, -0.1) is 10.2 Å². The van der Waals surface area contributed by atoms with Gasteiger partial charge < -0.3 is 14.6 Å². The van der Waals surface area contributed by atoms with Gasteiger partial charge in [0.05, 0.1) is 5.57 Å². The lowest BCUT2D eigenvalue weighted by Crippen LogP contribution is -2.29. The summed E-state index contributed by atoms with van der Waals surface area (Å²) in [6, 6.07) is 16.6. The van der Waals surface area contributed by atoms with E-state index in [0.717, 1.165) is 21.8 Å². The van der Waals surface area contributed by atoms with E-state index in [-0.39, 0.29) is 21.8 Å². The number of anilines is 1. The molecule has 0 aliphatic carbocycles. The number of ketones is 1. The fourth-order valence-corrected chi connectivity index (χ4v) is 6.40. The van der Waals surface area contributed by atoms with E-state index in [0.29, 0.717) is 39.8 Å². The molecule has 2 aliphatic heterocycles. The van der Waals surface area contributed by atoms with Gasteiger partial charge in [0.25, 0.3) is 5.78 Å². The van der Waals surface area contributed by atoms with Crippen LogP contribution in [0.2, 0.25) is 5.02 Å². The summed E-state index contributed by atoms with van der Waals surface area (Å²) in [5.74, 6) is -1.57. The molecule has 1 amide bonds. The summed E-state index contributed by atoms with van der Waals surface area (Å²) in [6.07, 6.45) is 0. The van der Waals surface area contributed by atoms with Crippen LogP contribution in [0.5, 0.6) is 11.5 Å². The third-order valence-corrected chi connectivity index (χ3v) is 8.72. The van der Waals surface area contributed by atoms with Crippen LogP contribution >= 0.6 is 34.7 Å². The van der Waals surface area contributed by atoms with Crippen molar-refractivity contribution in [3.8, 4) is 11.5 Å². The number of aromatic nitrogens is 2. The van der Waals surface area contributed by atoms with E-state index in [1.54, 1.807) is 30.3 Å².